The normalized spacial score (nSPS) is 14.5. The maximum Gasteiger partial charge on any atom is 0.342 e. The number of carbonyl (C=O) groups is 2. The van der Waals surface area contributed by atoms with Crippen LogP contribution >= 0.6 is 0 Å². The van der Waals surface area contributed by atoms with E-state index in [9.17, 15) is 9.59 Å². The highest BCUT2D eigenvalue weighted by atomic mass is 16.6. The molecular weight excluding hydrogens is 264 g/mol. The second kappa shape index (κ2) is 5.75. The number of hydrogen-bond acceptors (Lipinski definition) is 3. The van der Waals surface area contributed by atoms with Gasteiger partial charge in [0.1, 0.15) is 0 Å². The molecule has 2 aromatic carbocycles. The molecule has 3 heteroatoms. The maximum absolute atomic E-state index is 11.9. The first-order valence-corrected chi connectivity index (χ1v) is 6.80. The van der Waals surface area contributed by atoms with Crippen molar-refractivity contribution >= 4 is 11.9 Å². The molecule has 0 spiro atoms. The monoisotopic (exact) mass is 278 g/mol. The number of ether oxygens (including phenoxy) is 1. The summed E-state index contributed by atoms with van der Waals surface area (Å²) < 4.78 is 4.78. The zero-order valence-electron chi connectivity index (χ0n) is 11.4. The van der Waals surface area contributed by atoms with Gasteiger partial charge in [0.2, 0.25) is 0 Å². The van der Waals surface area contributed by atoms with Gasteiger partial charge in [0.15, 0.2) is 0 Å². The third kappa shape index (κ3) is 2.92. The summed E-state index contributed by atoms with van der Waals surface area (Å²) in [4.78, 5) is 23.8. The van der Waals surface area contributed by atoms with Crippen LogP contribution in [0.15, 0.2) is 71.8 Å². The fraction of sp³-hybridized carbons (Fsp3) is 0.111. The van der Waals surface area contributed by atoms with Crippen molar-refractivity contribution in [2.45, 2.75) is 12.8 Å². The molecule has 104 valence electrons. The molecule has 3 rings (SSSR count). The molecule has 0 fully saturated rings. The van der Waals surface area contributed by atoms with Gasteiger partial charge in [0.05, 0.1) is 11.1 Å². The van der Waals surface area contributed by atoms with Crippen molar-refractivity contribution in [2.75, 3.05) is 0 Å². The van der Waals surface area contributed by atoms with Gasteiger partial charge >= 0.3 is 11.9 Å². The molecule has 0 N–H and O–H groups in total. The zero-order chi connectivity index (χ0) is 14.7. The number of benzene rings is 2. The van der Waals surface area contributed by atoms with Crippen LogP contribution in [-0.4, -0.2) is 11.9 Å². The van der Waals surface area contributed by atoms with Gasteiger partial charge in [0.25, 0.3) is 0 Å². The summed E-state index contributed by atoms with van der Waals surface area (Å²) in [5, 5.41) is 0. The van der Waals surface area contributed by atoms with E-state index >= 15 is 0 Å². The second-order valence-corrected chi connectivity index (χ2v) is 4.96. The zero-order valence-corrected chi connectivity index (χ0v) is 11.4. The van der Waals surface area contributed by atoms with Gasteiger partial charge in [-0.25, -0.2) is 9.59 Å². The molecule has 0 atom stereocenters. The summed E-state index contributed by atoms with van der Waals surface area (Å²) in [7, 11) is 0. The van der Waals surface area contributed by atoms with Gasteiger partial charge in [-0.05, 0) is 11.1 Å². The van der Waals surface area contributed by atoms with Crippen LogP contribution in [0.25, 0.3) is 0 Å². The van der Waals surface area contributed by atoms with E-state index in [2.05, 4.69) is 0 Å². The number of esters is 2. The van der Waals surface area contributed by atoms with E-state index in [0.29, 0.717) is 24.0 Å². The van der Waals surface area contributed by atoms with Crippen molar-refractivity contribution in [1.29, 1.82) is 0 Å². The fourth-order valence-electron chi connectivity index (χ4n) is 2.41. The molecule has 0 aromatic heterocycles. The van der Waals surface area contributed by atoms with E-state index in [4.69, 9.17) is 4.74 Å². The first-order chi connectivity index (χ1) is 10.2. The molecule has 0 bridgehead atoms. The van der Waals surface area contributed by atoms with E-state index in [1.807, 2.05) is 60.7 Å². The first kappa shape index (κ1) is 13.3. The summed E-state index contributed by atoms with van der Waals surface area (Å²) in [5.41, 5.74) is 2.92. The summed E-state index contributed by atoms with van der Waals surface area (Å²) in [6.45, 7) is 0. The lowest BCUT2D eigenvalue weighted by molar-refractivity contribution is -0.151. The van der Waals surface area contributed by atoms with E-state index in [1.165, 1.54) is 0 Å². The molecule has 21 heavy (non-hydrogen) atoms. The molecule has 0 saturated carbocycles. The number of carbonyl (C=O) groups excluding carboxylic acids is 2. The van der Waals surface area contributed by atoms with Crippen LogP contribution in [0.3, 0.4) is 0 Å². The highest BCUT2D eigenvalue weighted by molar-refractivity contribution is 6.12. The van der Waals surface area contributed by atoms with Gasteiger partial charge in [-0.3, -0.25) is 0 Å². The van der Waals surface area contributed by atoms with Crippen LogP contribution in [0.4, 0.5) is 0 Å². The fourth-order valence-corrected chi connectivity index (χ4v) is 2.41. The van der Waals surface area contributed by atoms with Gasteiger partial charge in [-0.15, -0.1) is 0 Å². The Morgan fingerprint density at radius 2 is 1.00 bits per heavy atom. The van der Waals surface area contributed by atoms with Crippen molar-refractivity contribution < 1.29 is 14.3 Å². The van der Waals surface area contributed by atoms with Crippen molar-refractivity contribution in [2.24, 2.45) is 0 Å². The predicted octanol–water partition coefficient (Wildman–Crippen LogP) is 2.85. The molecule has 3 nitrogen and oxygen atoms in total. The summed E-state index contributed by atoms with van der Waals surface area (Å²) in [6, 6.07) is 19.2. The Balaban J connectivity index is 1.92. The highest BCUT2D eigenvalue weighted by Crippen LogP contribution is 2.24. The van der Waals surface area contributed by atoms with Crippen LogP contribution < -0.4 is 0 Å². The summed E-state index contributed by atoms with van der Waals surface area (Å²) in [6.07, 6.45) is 0.848. The largest absolute Gasteiger partial charge is 0.386 e. The van der Waals surface area contributed by atoms with Crippen molar-refractivity contribution in [3.05, 3.63) is 82.9 Å². The number of rotatable bonds is 4. The van der Waals surface area contributed by atoms with E-state index in [0.717, 1.165) is 11.1 Å². The Bertz CT molecular complexity index is 638. The molecular formula is C18H14O3. The lowest BCUT2D eigenvalue weighted by Gasteiger charge is -2.03. The quantitative estimate of drug-likeness (QED) is 0.638. The van der Waals surface area contributed by atoms with Gasteiger partial charge in [-0.1, -0.05) is 60.7 Å². The molecule has 1 heterocycles. The molecule has 0 unspecified atom stereocenters. The van der Waals surface area contributed by atoms with Crippen molar-refractivity contribution in [3.8, 4) is 0 Å². The SMILES string of the molecule is O=C1OC(=O)C(Cc2ccccc2)=C1Cc1ccccc1. The van der Waals surface area contributed by atoms with E-state index in [-0.39, 0.29) is 0 Å². The predicted molar refractivity (Wildman–Crippen MR) is 78.4 cm³/mol. The lowest BCUT2D eigenvalue weighted by atomic mass is 9.97. The Kier molecular flexibility index (Phi) is 3.65. The Labute approximate surface area is 122 Å². The Morgan fingerprint density at radius 1 is 0.619 bits per heavy atom. The molecule has 1 aliphatic heterocycles. The van der Waals surface area contributed by atoms with Crippen LogP contribution in [0.2, 0.25) is 0 Å². The van der Waals surface area contributed by atoms with Crippen LogP contribution in [0.5, 0.6) is 0 Å². The average Bonchev–Trinajstić information content (AvgIpc) is 2.76. The van der Waals surface area contributed by atoms with Crippen LogP contribution in [0.1, 0.15) is 11.1 Å². The minimum Gasteiger partial charge on any atom is -0.386 e. The van der Waals surface area contributed by atoms with Crippen molar-refractivity contribution in [3.63, 3.8) is 0 Å². The van der Waals surface area contributed by atoms with Gasteiger partial charge < -0.3 is 4.74 Å². The minimum atomic E-state index is -0.519. The molecule has 0 amide bonds. The molecule has 1 aliphatic rings. The standard InChI is InChI=1S/C18H14O3/c19-17-15(11-13-7-3-1-4-8-13)16(18(20)21-17)12-14-9-5-2-6-10-14/h1-10H,11-12H2. The first-order valence-electron chi connectivity index (χ1n) is 6.80. The minimum absolute atomic E-state index is 0.424. The van der Waals surface area contributed by atoms with Gasteiger partial charge in [0, 0.05) is 12.8 Å². The number of hydrogen-bond donors (Lipinski definition) is 0. The Morgan fingerprint density at radius 3 is 1.38 bits per heavy atom. The molecule has 2 aromatic rings. The highest BCUT2D eigenvalue weighted by Gasteiger charge is 2.32. The molecule has 0 radical (unpaired) electrons. The van der Waals surface area contributed by atoms with E-state index in [1.54, 1.807) is 0 Å². The molecule has 0 aliphatic carbocycles. The molecule has 0 saturated heterocycles. The Hall–Kier alpha value is -2.68. The smallest absolute Gasteiger partial charge is 0.342 e. The third-order valence-electron chi connectivity index (χ3n) is 3.49. The average molecular weight is 278 g/mol. The van der Waals surface area contributed by atoms with E-state index < -0.39 is 11.9 Å². The lowest BCUT2D eigenvalue weighted by Crippen LogP contribution is -2.03. The number of cyclic esters (lactones) is 2. The summed E-state index contributed by atoms with van der Waals surface area (Å²) in [5.74, 6) is -1.04. The van der Waals surface area contributed by atoms with Crippen LogP contribution in [-0.2, 0) is 27.2 Å². The summed E-state index contributed by atoms with van der Waals surface area (Å²) >= 11 is 0. The maximum atomic E-state index is 11.9. The second-order valence-electron chi connectivity index (χ2n) is 4.96. The van der Waals surface area contributed by atoms with Crippen LogP contribution in [0, 0.1) is 0 Å². The topological polar surface area (TPSA) is 43.4 Å². The third-order valence-corrected chi connectivity index (χ3v) is 3.49. The van der Waals surface area contributed by atoms with Gasteiger partial charge in [-0.2, -0.15) is 0 Å². The van der Waals surface area contributed by atoms with Crippen molar-refractivity contribution in [1.82, 2.24) is 0 Å².